The molecule has 1 N–H and O–H groups in total. The Bertz CT molecular complexity index is 644. The molecule has 2 rings (SSSR count). The number of rotatable bonds is 4. The minimum absolute atomic E-state index is 0.0270. The summed E-state index contributed by atoms with van der Waals surface area (Å²) in [6.07, 6.45) is -2.21. The molecular weight excluding hydrogens is 316 g/mol. The van der Waals surface area contributed by atoms with Gasteiger partial charge in [-0.1, -0.05) is 11.8 Å². The molecule has 0 unspecified atom stereocenters. The summed E-state index contributed by atoms with van der Waals surface area (Å²) in [5, 5.41) is 1.79. The molecule has 9 heteroatoms. The second kappa shape index (κ2) is 5.57. The summed E-state index contributed by atoms with van der Waals surface area (Å²) >= 11 is 2.74. The number of fused-ring (bicyclic) bond motifs is 1. The van der Waals surface area contributed by atoms with E-state index >= 15 is 0 Å². The van der Waals surface area contributed by atoms with Crippen molar-refractivity contribution in [2.45, 2.75) is 16.7 Å². The number of thioether (sulfide) groups is 1. The number of benzene rings is 1. The second-order valence-corrected chi connectivity index (χ2v) is 5.83. The van der Waals surface area contributed by atoms with Crippen LogP contribution in [0, 0.1) is 0 Å². The molecule has 0 aliphatic heterocycles. The highest BCUT2D eigenvalue weighted by Crippen LogP contribution is 2.31. The minimum Gasteiger partial charge on any atom is -0.321 e. The van der Waals surface area contributed by atoms with Crippen LogP contribution >= 0.6 is 23.1 Å². The van der Waals surface area contributed by atoms with E-state index in [2.05, 4.69) is 4.98 Å². The van der Waals surface area contributed by atoms with Crippen LogP contribution in [0.2, 0.25) is 0 Å². The van der Waals surface area contributed by atoms with Crippen LogP contribution in [-0.2, 0) is 4.79 Å². The first kappa shape index (κ1) is 15.0. The number of alkyl halides is 4. The van der Waals surface area contributed by atoms with Gasteiger partial charge in [0.05, 0.1) is 10.2 Å². The van der Waals surface area contributed by atoms with Crippen LogP contribution in [0.5, 0.6) is 0 Å². The zero-order chi connectivity index (χ0) is 14.9. The van der Waals surface area contributed by atoms with Gasteiger partial charge in [0.2, 0.25) is 0 Å². The molecule has 0 saturated heterocycles. The maximum Gasteiger partial charge on any atom is 0.383 e. The van der Waals surface area contributed by atoms with Crippen LogP contribution in [-0.4, -0.2) is 29.5 Å². The van der Waals surface area contributed by atoms with Crippen molar-refractivity contribution in [1.82, 2.24) is 4.98 Å². The summed E-state index contributed by atoms with van der Waals surface area (Å²) in [7, 11) is 0. The van der Waals surface area contributed by atoms with Crippen LogP contribution in [0.25, 0.3) is 10.2 Å². The van der Waals surface area contributed by atoms with E-state index in [1.54, 1.807) is 5.32 Å². The largest absolute Gasteiger partial charge is 0.383 e. The van der Waals surface area contributed by atoms with Gasteiger partial charge in [-0.25, -0.2) is 13.8 Å². The summed E-state index contributed by atoms with van der Waals surface area (Å²) < 4.78 is 51.2. The minimum atomic E-state index is -4.72. The number of nitrogens with zero attached hydrogens (tertiary/aromatic N) is 1. The first-order valence-electron chi connectivity index (χ1n) is 5.26. The number of hydrogen-bond acceptors (Lipinski definition) is 4. The summed E-state index contributed by atoms with van der Waals surface area (Å²) in [4.78, 5) is 15.3. The Labute approximate surface area is 119 Å². The molecule has 0 radical (unpaired) electrons. The van der Waals surface area contributed by atoms with E-state index in [1.165, 1.54) is 41.3 Å². The van der Waals surface area contributed by atoms with Crippen molar-refractivity contribution in [1.29, 1.82) is 0 Å². The number of carbonyl (C=O) groups is 1. The highest BCUT2D eigenvalue weighted by molar-refractivity contribution is 8.00. The number of halogens is 4. The Hall–Kier alpha value is -1.35. The molecule has 108 valence electrons. The number of amides is 1. The van der Waals surface area contributed by atoms with Gasteiger partial charge in [-0.3, -0.25) is 4.79 Å². The molecule has 2 aromatic rings. The molecule has 0 spiro atoms. The third-order valence-electron chi connectivity index (χ3n) is 2.38. The summed E-state index contributed by atoms with van der Waals surface area (Å²) in [5.41, 5.74) is 0.678. The first-order valence-corrected chi connectivity index (χ1v) is 7.30. The number of thiazole rings is 1. The van der Waals surface area contributed by atoms with Gasteiger partial charge in [0.15, 0.2) is 4.34 Å². The predicted molar refractivity (Wildman–Crippen MR) is 71.0 cm³/mol. The maximum absolute atomic E-state index is 12.8. The van der Waals surface area contributed by atoms with E-state index < -0.39 is 18.3 Å². The van der Waals surface area contributed by atoms with Gasteiger partial charge in [-0.05, 0) is 24.5 Å². The van der Waals surface area contributed by atoms with Crippen LogP contribution in [0.15, 0.2) is 22.5 Å². The van der Waals surface area contributed by atoms with Gasteiger partial charge in [0, 0.05) is 5.69 Å². The average Bonchev–Trinajstić information content (AvgIpc) is 2.80. The van der Waals surface area contributed by atoms with Gasteiger partial charge >= 0.3 is 18.3 Å². The lowest BCUT2D eigenvalue weighted by atomic mass is 10.2. The fraction of sp³-hybridized carbons (Fsp3) is 0.273. The highest BCUT2D eigenvalue weighted by Gasteiger charge is 2.48. The summed E-state index contributed by atoms with van der Waals surface area (Å²) in [6.45, 7) is 0. The molecule has 0 aliphatic carbocycles. The molecule has 20 heavy (non-hydrogen) atoms. The average molecular weight is 324 g/mol. The standard InChI is InChI=1S/C11H8F4N2OS2/c1-19-10-17-6-3-2-5(4-7(6)20-10)16-9(18)11(14,15)8(12)13/h2-4,8H,1H3,(H,16,18). The van der Waals surface area contributed by atoms with Crippen molar-refractivity contribution < 1.29 is 22.4 Å². The summed E-state index contributed by atoms with van der Waals surface area (Å²) in [5.74, 6) is -6.74. The van der Waals surface area contributed by atoms with Crippen LogP contribution in [0.3, 0.4) is 0 Å². The predicted octanol–water partition coefficient (Wildman–Crippen LogP) is 3.86. The van der Waals surface area contributed by atoms with Crippen LogP contribution in [0.1, 0.15) is 0 Å². The van der Waals surface area contributed by atoms with Gasteiger partial charge in [-0.15, -0.1) is 11.3 Å². The normalized spacial score (nSPS) is 12.1. The quantitative estimate of drug-likeness (QED) is 0.686. The molecule has 0 atom stereocenters. The number of nitrogens with one attached hydrogen (secondary N) is 1. The third kappa shape index (κ3) is 2.88. The molecule has 1 amide bonds. The Morgan fingerprint density at radius 3 is 2.75 bits per heavy atom. The van der Waals surface area contributed by atoms with Crippen molar-refractivity contribution in [2.24, 2.45) is 0 Å². The van der Waals surface area contributed by atoms with Crippen molar-refractivity contribution >= 4 is 44.9 Å². The van der Waals surface area contributed by atoms with E-state index in [1.807, 2.05) is 6.26 Å². The van der Waals surface area contributed by atoms with Crippen molar-refractivity contribution in [2.75, 3.05) is 11.6 Å². The van der Waals surface area contributed by atoms with E-state index in [-0.39, 0.29) is 5.69 Å². The smallest absolute Gasteiger partial charge is 0.321 e. The summed E-state index contributed by atoms with van der Waals surface area (Å²) in [6, 6.07) is 4.29. The molecule has 1 heterocycles. The maximum atomic E-state index is 12.8. The van der Waals surface area contributed by atoms with Gasteiger partial charge in [0.25, 0.3) is 0 Å². The zero-order valence-electron chi connectivity index (χ0n) is 9.99. The SMILES string of the molecule is CSc1nc2ccc(NC(=O)C(F)(F)C(F)F)cc2s1. The number of aromatic nitrogens is 1. The number of hydrogen-bond donors (Lipinski definition) is 1. The molecular formula is C11H8F4N2OS2. The fourth-order valence-electron chi connectivity index (χ4n) is 1.38. The molecule has 0 aliphatic rings. The molecule has 1 aromatic carbocycles. The molecule has 0 bridgehead atoms. The fourth-order valence-corrected chi connectivity index (χ4v) is 2.91. The molecule has 0 saturated carbocycles. The zero-order valence-corrected chi connectivity index (χ0v) is 11.6. The van der Waals surface area contributed by atoms with Crippen molar-refractivity contribution in [3.8, 4) is 0 Å². The Morgan fingerprint density at radius 2 is 2.15 bits per heavy atom. The monoisotopic (exact) mass is 324 g/mol. The Kier molecular flexibility index (Phi) is 4.19. The van der Waals surface area contributed by atoms with E-state index in [9.17, 15) is 22.4 Å². The molecule has 1 aromatic heterocycles. The van der Waals surface area contributed by atoms with E-state index in [0.717, 1.165) is 4.34 Å². The van der Waals surface area contributed by atoms with E-state index in [4.69, 9.17) is 0 Å². The topological polar surface area (TPSA) is 42.0 Å². The van der Waals surface area contributed by atoms with Crippen LogP contribution < -0.4 is 5.32 Å². The Balaban J connectivity index is 2.24. The third-order valence-corrected chi connectivity index (χ3v) is 4.38. The van der Waals surface area contributed by atoms with E-state index in [0.29, 0.717) is 10.2 Å². The molecule has 3 nitrogen and oxygen atoms in total. The number of anilines is 1. The van der Waals surface area contributed by atoms with Gasteiger partial charge < -0.3 is 5.32 Å². The second-order valence-electron chi connectivity index (χ2n) is 3.74. The van der Waals surface area contributed by atoms with Crippen LogP contribution in [0.4, 0.5) is 23.2 Å². The number of carbonyl (C=O) groups excluding carboxylic acids is 1. The first-order chi connectivity index (χ1) is 9.34. The highest BCUT2D eigenvalue weighted by atomic mass is 32.2. The molecule has 0 fully saturated rings. The van der Waals surface area contributed by atoms with Crippen molar-refractivity contribution in [3.05, 3.63) is 18.2 Å². The van der Waals surface area contributed by atoms with Gasteiger partial charge in [0.1, 0.15) is 0 Å². The van der Waals surface area contributed by atoms with Gasteiger partial charge in [-0.2, -0.15) is 8.78 Å². The van der Waals surface area contributed by atoms with Crippen molar-refractivity contribution in [3.63, 3.8) is 0 Å². The Morgan fingerprint density at radius 1 is 1.45 bits per heavy atom. The lowest BCUT2D eigenvalue weighted by Crippen LogP contribution is -2.40. The lowest BCUT2D eigenvalue weighted by molar-refractivity contribution is -0.163. The lowest BCUT2D eigenvalue weighted by Gasteiger charge is -2.14.